The fourth-order valence-corrected chi connectivity index (χ4v) is 2.86. The molecular formula is C15H24N4O3. The lowest BCUT2D eigenvalue weighted by atomic mass is 9.86. The summed E-state index contributed by atoms with van der Waals surface area (Å²) < 4.78 is 6.70. The van der Waals surface area contributed by atoms with Crippen molar-refractivity contribution in [1.29, 1.82) is 0 Å². The summed E-state index contributed by atoms with van der Waals surface area (Å²) in [7, 11) is 1.60. The van der Waals surface area contributed by atoms with Crippen molar-refractivity contribution >= 4 is 11.8 Å². The highest BCUT2D eigenvalue weighted by Gasteiger charge is 2.44. The van der Waals surface area contributed by atoms with E-state index in [1.54, 1.807) is 18.0 Å². The van der Waals surface area contributed by atoms with Gasteiger partial charge in [0.05, 0.1) is 6.61 Å². The zero-order chi connectivity index (χ0) is 16.0. The molecule has 2 rings (SSSR count). The van der Waals surface area contributed by atoms with Crippen LogP contribution in [0.3, 0.4) is 0 Å². The lowest BCUT2D eigenvalue weighted by molar-refractivity contribution is -0.140. The Morgan fingerprint density at radius 3 is 2.64 bits per heavy atom. The second-order valence-electron chi connectivity index (χ2n) is 5.47. The van der Waals surface area contributed by atoms with Crippen LogP contribution in [0.15, 0.2) is 18.5 Å². The smallest absolute Gasteiger partial charge is 0.248 e. The molecule has 1 fully saturated rings. The van der Waals surface area contributed by atoms with Crippen molar-refractivity contribution in [3.05, 3.63) is 18.5 Å². The zero-order valence-electron chi connectivity index (χ0n) is 13.2. The van der Waals surface area contributed by atoms with Gasteiger partial charge in [0.1, 0.15) is 5.54 Å². The van der Waals surface area contributed by atoms with E-state index in [2.05, 4.69) is 10.4 Å². The first kappa shape index (κ1) is 16.5. The van der Waals surface area contributed by atoms with E-state index in [0.717, 1.165) is 0 Å². The molecule has 0 bridgehead atoms. The third kappa shape index (κ3) is 3.30. The number of amides is 2. The molecule has 2 heterocycles. The van der Waals surface area contributed by atoms with E-state index >= 15 is 0 Å². The van der Waals surface area contributed by atoms with Crippen molar-refractivity contribution in [2.75, 3.05) is 33.4 Å². The van der Waals surface area contributed by atoms with Crippen molar-refractivity contribution < 1.29 is 14.3 Å². The average molecular weight is 308 g/mol. The van der Waals surface area contributed by atoms with Crippen molar-refractivity contribution in [1.82, 2.24) is 20.0 Å². The second-order valence-corrected chi connectivity index (χ2v) is 5.47. The lowest BCUT2D eigenvalue weighted by Gasteiger charge is -2.40. The predicted molar refractivity (Wildman–Crippen MR) is 81.2 cm³/mol. The highest BCUT2D eigenvalue weighted by molar-refractivity contribution is 5.85. The van der Waals surface area contributed by atoms with E-state index in [1.807, 2.05) is 24.1 Å². The van der Waals surface area contributed by atoms with Crippen LogP contribution in [0.4, 0.5) is 0 Å². The molecule has 1 aliphatic rings. The molecule has 2 amide bonds. The highest BCUT2D eigenvalue weighted by atomic mass is 16.5. The van der Waals surface area contributed by atoms with Crippen molar-refractivity contribution in [2.24, 2.45) is 0 Å². The SMILES string of the molecule is CCC(=O)N1CCC(C(=O)NCCOC)(n2cccn2)CC1. The highest BCUT2D eigenvalue weighted by Crippen LogP contribution is 2.30. The Labute approximate surface area is 130 Å². The molecule has 0 radical (unpaired) electrons. The Morgan fingerprint density at radius 1 is 1.36 bits per heavy atom. The van der Waals surface area contributed by atoms with Crippen LogP contribution in [0.2, 0.25) is 0 Å². The number of hydrogen-bond acceptors (Lipinski definition) is 4. The third-order valence-electron chi connectivity index (χ3n) is 4.20. The monoisotopic (exact) mass is 308 g/mol. The molecule has 0 aliphatic carbocycles. The summed E-state index contributed by atoms with van der Waals surface area (Å²) in [6.45, 7) is 3.95. The number of carbonyl (C=O) groups is 2. The molecule has 0 unspecified atom stereocenters. The Kier molecular flexibility index (Phi) is 5.54. The lowest BCUT2D eigenvalue weighted by Crippen LogP contribution is -2.56. The molecular weight excluding hydrogens is 284 g/mol. The minimum absolute atomic E-state index is 0.0585. The van der Waals surface area contributed by atoms with E-state index in [-0.39, 0.29) is 11.8 Å². The summed E-state index contributed by atoms with van der Waals surface area (Å²) in [5.74, 6) is 0.0747. The van der Waals surface area contributed by atoms with Gasteiger partial charge in [-0.05, 0) is 18.9 Å². The van der Waals surface area contributed by atoms with Crippen molar-refractivity contribution in [3.8, 4) is 0 Å². The van der Waals surface area contributed by atoms with Gasteiger partial charge in [0.25, 0.3) is 0 Å². The summed E-state index contributed by atoms with van der Waals surface area (Å²) in [5.41, 5.74) is -0.720. The molecule has 122 valence electrons. The molecule has 7 heteroatoms. The molecule has 0 saturated carbocycles. The standard InChI is InChI=1S/C15H24N4O3/c1-3-13(20)18-10-5-15(6-11-18,19-9-4-7-17-19)14(21)16-8-12-22-2/h4,7,9H,3,5-6,8,10-12H2,1-2H3,(H,16,21). The second kappa shape index (κ2) is 7.40. The van der Waals surface area contributed by atoms with Crippen LogP contribution in [0.25, 0.3) is 0 Å². The van der Waals surface area contributed by atoms with Gasteiger partial charge in [-0.15, -0.1) is 0 Å². The number of nitrogens with zero attached hydrogens (tertiary/aromatic N) is 3. The number of ether oxygens (including phenoxy) is 1. The zero-order valence-corrected chi connectivity index (χ0v) is 13.2. The van der Waals surface area contributed by atoms with Crippen LogP contribution >= 0.6 is 0 Å². The number of aromatic nitrogens is 2. The maximum Gasteiger partial charge on any atom is 0.248 e. The average Bonchev–Trinajstić information content (AvgIpc) is 3.09. The van der Waals surface area contributed by atoms with Crippen LogP contribution < -0.4 is 5.32 Å². The molecule has 0 atom stereocenters. The number of methoxy groups -OCH3 is 1. The van der Waals surface area contributed by atoms with Gasteiger partial charge in [0.15, 0.2) is 0 Å². The maximum absolute atomic E-state index is 12.7. The Hall–Kier alpha value is -1.89. The maximum atomic E-state index is 12.7. The topological polar surface area (TPSA) is 76.5 Å². The summed E-state index contributed by atoms with van der Waals surface area (Å²) in [6.07, 6.45) is 5.12. The molecule has 1 N–H and O–H groups in total. The molecule has 0 aromatic carbocycles. The molecule has 0 spiro atoms. The molecule has 1 aliphatic heterocycles. The van der Waals surface area contributed by atoms with E-state index in [0.29, 0.717) is 45.5 Å². The molecule has 7 nitrogen and oxygen atoms in total. The number of carbonyl (C=O) groups excluding carboxylic acids is 2. The van der Waals surface area contributed by atoms with Gasteiger partial charge in [-0.2, -0.15) is 5.10 Å². The van der Waals surface area contributed by atoms with E-state index in [1.165, 1.54) is 0 Å². The molecule has 1 aromatic rings. The fraction of sp³-hybridized carbons (Fsp3) is 0.667. The van der Waals surface area contributed by atoms with Crippen LogP contribution in [0, 0.1) is 0 Å². The van der Waals surface area contributed by atoms with Gasteiger partial charge < -0.3 is 15.0 Å². The Bertz CT molecular complexity index is 493. The first-order valence-corrected chi connectivity index (χ1v) is 7.69. The van der Waals surface area contributed by atoms with Crippen molar-refractivity contribution in [3.63, 3.8) is 0 Å². The minimum Gasteiger partial charge on any atom is -0.383 e. The number of likely N-dealkylation sites (tertiary alicyclic amines) is 1. The summed E-state index contributed by atoms with van der Waals surface area (Å²) in [6, 6.07) is 1.81. The molecule has 1 aromatic heterocycles. The van der Waals surface area contributed by atoms with Gasteiger partial charge >= 0.3 is 0 Å². The number of nitrogens with one attached hydrogen (secondary N) is 1. The Morgan fingerprint density at radius 2 is 2.09 bits per heavy atom. The van der Waals surface area contributed by atoms with E-state index in [4.69, 9.17) is 4.74 Å². The van der Waals surface area contributed by atoms with Crippen LogP contribution in [-0.4, -0.2) is 59.8 Å². The molecule has 1 saturated heterocycles. The number of hydrogen-bond donors (Lipinski definition) is 1. The van der Waals surface area contributed by atoms with Gasteiger partial charge in [-0.1, -0.05) is 6.92 Å². The number of piperidine rings is 1. The minimum atomic E-state index is -0.720. The predicted octanol–water partition coefficient (Wildman–Crippen LogP) is 0.373. The Balaban J connectivity index is 2.12. The first-order chi connectivity index (χ1) is 10.6. The van der Waals surface area contributed by atoms with Gasteiger partial charge in [-0.25, -0.2) is 0 Å². The fourth-order valence-electron chi connectivity index (χ4n) is 2.86. The first-order valence-electron chi connectivity index (χ1n) is 7.69. The summed E-state index contributed by atoms with van der Waals surface area (Å²) in [5, 5.41) is 7.18. The van der Waals surface area contributed by atoms with Crippen molar-refractivity contribution in [2.45, 2.75) is 31.7 Å². The largest absolute Gasteiger partial charge is 0.383 e. The van der Waals surface area contributed by atoms with Gasteiger partial charge in [-0.3, -0.25) is 14.3 Å². The van der Waals surface area contributed by atoms with Gasteiger partial charge in [0.2, 0.25) is 11.8 Å². The van der Waals surface area contributed by atoms with E-state index in [9.17, 15) is 9.59 Å². The van der Waals surface area contributed by atoms with Crippen LogP contribution in [-0.2, 0) is 19.9 Å². The third-order valence-corrected chi connectivity index (χ3v) is 4.20. The van der Waals surface area contributed by atoms with Gasteiger partial charge in [0, 0.05) is 45.6 Å². The quantitative estimate of drug-likeness (QED) is 0.771. The number of rotatable bonds is 6. The van der Waals surface area contributed by atoms with Crippen LogP contribution in [0.1, 0.15) is 26.2 Å². The normalized spacial score (nSPS) is 17.3. The van der Waals surface area contributed by atoms with E-state index < -0.39 is 5.54 Å². The summed E-state index contributed by atoms with van der Waals surface area (Å²) >= 11 is 0. The molecule has 22 heavy (non-hydrogen) atoms. The summed E-state index contributed by atoms with van der Waals surface area (Å²) in [4.78, 5) is 26.4. The van der Waals surface area contributed by atoms with Crippen LogP contribution in [0.5, 0.6) is 0 Å².